The molecule has 2 heterocycles. The normalized spacial score (nSPS) is 15.7. The van der Waals surface area contributed by atoms with Gasteiger partial charge in [-0.25, -0.2) is 9.97 Å². The number of rotatable bonds is 3. The molecule has 3 aromatic rings. The first-order valence-corrected chi connectivity index (χ1v) is 9.47. The van der Waals surface area contributed by atoms with E-state index in [1.54, 1.807) is 0 Å². The molecule has 1 fully saturated rings. The van der Waals surface area contributed by atoms with Gasteiger partial charge in [0, 0.05) is 5.56 Å². The summed E-state index contributed by atoms with van der Waals surface area (Å²) in [4.78, 5) is 22.1. The van der Waals surface area contributed by atoms with E-state index >= 15 is 0 Å². The van der Waals surface area contributed by atoms with Crippen molar-refractivity contribution in [2.45, 2.75) is 13.3 Å². The zero-order chi connectivity index (χ0) is 18.1. The number of aromatic nitrogens is 2. The number of carbonyl (C=O) groups excluding carboxylic acids is 1. The van der Waals surface area contributed by atoms with E-state index in [2.05, 4.69) is 12.2 Å². The first kappa shape index (κ1) is 16.9. The van der Waals surface area contributed by atoms with E-state index < -0.39 is 0 Å². The summed E-state index contributed by atoms with van der Waals surface area (Å²) < 4.78 is 0.492. The molecule has 1 saturated heterocycles. The number of thiocarbonyl (C=S) groups is 1. The molecular formula is C20H15N3OS2. The predicted octanol–water partition coefficient (Wildman–Crippen LogP) is 4.35. The lowest BCUT2D eigenvalue weighted by atomic mass is 10.0. The van der Waals surface area contributed by atoms with E-state index in [9.17, 15) is 4.79 Å². The Balaban J connectivity index is 1.79. The van der Waals surface area contributed by atoms with Crippen LogP contribution in [0, 0.1) is 0 Å². The van der Waals surface area contributed by atoms with Gasteiger partial charge in [-0.2, -0.15) is 0 Å². The average Bonchev–Trinajstić information content (AvgIpc) is 2.97. The number of fused-ring (bicyclic) bond motifs is 1. The largest absolute Gasteiger partial charge is 0.307 e. The van der Waals surface area contributed by atoms with Gasteiger partial charge in [-0.15, -0.1) is 0 Å². The van der Waals surface area contributed by atoms with Gasteiger partial charge >= 0.3 is 0 Å². The zero-order valence-electron chi connectivity index (χ0n) is 14.0. The van der Waals surface area contributed by atoms with E-state index in [-0.39, 0.29) is 5.91 Å². The molecule has 1 aliphatic heterocycles. The van der Waals surface area contributed by atoms with Gasteiger partial charge in [0.2, 0.25) is 0 Å². The maximum absolute atomic E-state index is 11.9. The molecule has 4 nitrogen and oxygen atoms in total. The van der Waals surface area contributed by atoms with Crippen molar-refractivity contribution in [3.8, 4) is 11.3 Å². The van der Waals surface area contributed by atoms with Crippen molar-refractivity contribution in [1.82, 2.24) is 15.3 Å². The van der Waals surface area contributed by atoms with Gasteiger partial charge in [-0.3, -0.25) is 4.79 Å². The van der Waals surface area contributed by atoms with E-state index in [0.29, 0.717) is 9.23 Å². The molecule has 0 radical (unpaired) electrons. The minimum absolute atomic E-state index is 0.148. The molecule has 0 aliphatic carbocycles. The van der Waals surface area contributed by atoms with Crippen LogP contribution < -0.4 is 5.32 Å². The summed E-state index contributed by atoms with van der Waals surface area (Å²) in [5.41, 5.74) is 5.54. The van der Waals surface area contributed by atoms with Crippen LogP contribution in [0.1, 0.15) is 18.2 Å². The smallest absolute Gasteiger partial charge is 0.263 e. The molecule has 0 saturated carbocycles. The molecule has 2 aromatic carbocycles. The Morgan fingerprint density at radius 2 is 1.88 bits per heavy atom. The number of carbonyl (C=O) groups is 1. The average molecular weight is 377 g/mol. The van der Waals surface area contributed by atoms with E-state index in [0.717, 1.165) is 40.0 Å². The minimum Gasteiger partial charge on any atom is -0.307 e. The molecular weight excluding hydrogens is 362 g/mol. The lowest BCUT2D eigenvalue weighted by Crippen LogP contribution is -2.17. The number of benzene rings is 2. The number of amides is 1. The maximum atomic E-state index is 11.9. The molecule has 0 atom stereocenters. The fourth-order valence-electron chi connectivity index (χ4n) is 2.86. The van der Waals surface area contributed by atoms with Gasteiger partial charge < -0.3 is 5.32 Å². The standard InChI is InChI=1S/C20H15N3OS2/c1-2-14-18(22-16-9-4-3-8-15(16)21-14)13-7-5-6-12(10-13)11-17-19(24)23-20(25)26-17/h3-11H,2H2,1H3,(H,23,24,25). The van der Waals surface area contributed by atoms with Gasteiger partial charge in [0.05, 0.1) is 27.3 Å². The molecule has 0 bridgehead atoms. The van der Waals surface area contributed by atoms with Gasteiger partial charge in [-0.05, 0) is 36.3 Å². The van der Waals surface area contributed by atoms with Crippen LogP contribution in [-0.2, 0) is 11.2 Å². The molecule has 1 amide bonds. The first-order chi connectivity index (χ1) is 12.6. The fourth-order valence-corrected chi connectivity index (χ4v) is 3.91. The Morgan fingerprint density at radius 1 is 1.12 bits per heavy atom. The lowest BCUT2D eigenvalue weighted by Gasteiger charge is -2.09. The maximum Gasteiger partial charge on any atom is 0.263 e. The lowest BCUT2D eigenvalue weighted by molar-refractivity contribution is -0.115. The van der Waals surface area contributed by atoms with Crippen molar-refractivity contribution in [1.29, 1.82) is 0 Å². The molecule has 6 heteroatoms. The molecule has 1 N–H and O–H groups in total. The Kier molecular flexibility index (Phi) is 4.53. The molecule has 1 aromatic heterocycles. The van der Waals surface area contributed by atoms with Crippen LogP contribution in [0.3, 0.4) is 0 Å². The number of hydrogen-bond acceptors (Lipinski definition) is 5. The molecule has 0 spiro atoms. The van der Waals surface area contributed by atoms with Crippen molar-refractivity contribution < 1.29 is 4.79 Å². The Labute approximate surface area is 160 Å². The molecule has 0 unspecified atom stereocenters. The van der Waals surface area contributed by atoms with Crippen LogP contribution in [-0.4, -0.2) is 20.2 Å². The van der Waals surface area contributed by atoms with Crippen molar-refractivity contribution in [3.63, 3.8) is 0 Å². The summed E-state index contributed by atoms with van der Waals surface area (Å²) in [6.45, 7) is 2.08. The second-order valence-corrected chi connectivity index (χ2v) is 7.56. The molecule has 26 heavy (non-hydrogen) atoms. The third-order valence-corrected chi connectivity index (χ3v) is 5.24. The topological polar surface area (TPSA) is 54.9 Å². The van der Waals surface area contributed by atoms with Crippen LogP contribution >= 0.6 is 24.0 Å². The van der Waals surface area contributed by atoms with Gasteiger partial charge in [0.25, 0.3) is 5.91 Å². The van der Waals surface area contributed by atoms with Gasteiger partial charge in [-0.1, -0.05) is 61.2 Å². The highest BCUT2D eigenvalue weighted by Crippen LogP contribution is 2.28. The highest BCUT2D eigenvalue weighted by molar-refractivity contribution is 8.26. The summed E-state index contributed by atoms with van der Waals surface area (Å²) in [6.07, 6.45) is 2.65. The third-order valence-electron chi connectivity index (χ3n) is 4.08. The second-order valence-electron chi connectivity index (χ2n) is 5.84. The van der Waals surface area contributed by atoms with Gasteiger partial charge in [0.15, 0.2) is 0 Å². The van der Waals surface area contributed by atoms with E-state index in [4.69, 9.17) is 22.2 Å². The number of nitrogens with zero attached hydrogens (tertiary/aromatic N) is 2. The third kappa shape index (κ3) is 3.25. The van der Waals surface area contributed by atoms with E-state index in [1.165, 1.54) is 11.8 Å². The summed E-state index contributed by atoms with van der Waals surface area (Å²) in [5, 5.41) is 2.64. The van der Waals surface area contributed by atoms with Crippen LogP contribution in [0.5, 0.6) is 0 Å². The number of hydrogen-bond donors (Lipinski definition) is 1. The predicted molar refractivity (Wildman–Crippen MR) is 111 cm³/mol. The van der Waals surface area contributed by atoms with Crippen LogP contribution in [0.15, 0.2) is 53.4 Å². The number of aryl methyl sites for hydroxylation is 1. The van der Waals surface area contributed by atoms with Crippen molar-refractivity contribution in [2.24, 2.45) is 0 Å². The SMILES string of the molecule is CCc1nc2ccccc2nc1-c1cccc(C=C2SC(=S)NC2=O)c1. The van der Waals surface area contributed by atoms with Crippen LogP contribution in [0.25, 0.3) is 28.4 Å². The fraction of sp³-hybridized carbons (Fsp3) is 0.100. The van der Waals surface area contributed by atoms with Gasteiger partial charge in [0.1, 0.15) is 4.32 Å². The Morgan fingerprint density at radius 3 is 2.58 bits per heavy atom. The quantitative estimate of drug-likeness (QED) is 0.543. The van der Waals surface area contributed by atoms with Crippen LogP contribution in [0.2, 0.25) is 0 Å². The summed E-state index contributed by atoms with van der Waals surface area (Å²) >= 11 is 6.32. The monoisotopic (exact) mass is 377 g/mol. The van der Waals surface area contributed by atoms with Crippen molar-refractivity contribution in [2.75, 3.05) is 0 Å². The Bertz CT molecular complexity index is 1080. The molecule has 4 rings (SSSR count). The molecule has 128 valence electrons. The van der Waals surface area contributed by atoms with Crippen molar-refractivity contribution in [3.05, 3.63) is 64.7 Å². The summed E-state index contributed by atoms with van der Waals surface area (Å²) in [5.74, 6) is -0.148. The molecule has 1 aliphatic rings. The first-order valence-electron chi connectivity index (χ1n) is 8.25. The highest BCUT2D eigenvalue weighted by Gasteiger charge is 2.22. The van der Waals surface area contributed by atoms with E-state index in [1.807, 2.05) is 54.6 Å². The highest BCUT2D eigenvalue weighted by atomic mass is 32.2. The van der Waals surface area contributed by atoms with Crippen molar-refractivity contribution >= 4 is 51.3 Å². The number of para-hydroxylation sites is 2. The summed E-state index contributed by atoms with van der Waals surface area (Å²) in [7, 11) is 0. The number of nitrogens with one attached hydrogen (secondary N) is 1. The van der Waals surface area contributed by atoms with Crippen LogP contribution in [0.4, 0.5) is 0 Å². The number of thioether (sulfide) groups is 1. The Hall–Kier alpha value is -2.57. The summed E-state index contributed by atoms with van der Waals surface area (Å²) in [6, 6.07) is 15.9. The second kappa shape index (κ2) is 6.97. The minimum atomic E-state index is -0.148. The zero-order valence-corrected chi connectivity index (χ0v) is 15.7.